The second-order valence-electron chi connectivity index (χ2n) is 5.65. The van der Waals surface area contributed by atoms with Gasteiger partial charge in [0.1, 0.15) is 0 Å². The van der Waals surface area contributed by atoms with Crippen molar-refractivity contribution in [1.82, 2.24) is 9.80 Å². The number of hydrogen-bond donors (Lipinski definition) is 1. The van der Waals surface area contributed by atoms with Crippen LogP contribution >= 0.6 is 24.0 Å². The van der Waals surface area contributed by atoms with Crippen molar-refractivity contribution in [2.75, 3.05) is 34.2 Å². The predicted octanol–water partition coefficient (Wildman–Crippen LogP) is 2.53. The maximum Gasteiger partial charge on any atom is 0.191 e. The molecular formula is C14H31IN4. The Morgan fingerprint density at radius 2 is 1.63 bits per heavy atom. The Morgan fingerprint density at radius 1 is 1.05 bits per heavy atom. The molecule has 0 saturated heterocycles. The maximum absolute atomic E-state index is 5.92. The minimum absolute atomic E-state index is 0. The molecule has 0 amide bonds. The normalized spacial score (nSPS) is 15.5. The standard InChI is InChI=1S/C14H30N4.HI/c1-17(2)12-8-6-4-5-7-11-16-14(15)18(3)13-9-10-13;/h13H,4-12H2,1-3H3,(H2,15,16);1H. The lowest BCUT2D eigenvalue weighted by atomic mass is 10.1. The summed E-state index contributed by atoms with van der Waals surface area (Å²) in [5.74, 6) is 0.727. The summed E-state index contributed by atoms with van der Waals surface area (Å²) in [6, 6.07) is 0.666. The van der Waals surface area contributed by atoms with Crippen LogP contribution in [0.5, 0.6) is 0 Å². The van der Waals surface area contributed by atoms with E-state index in [2.05, 4.69) is 35.9 Å². The van der Waals surface area contributed by atoms with Crippen LogP contribution in [0.2, 0.25) is 0 Å². The molecule has 1 rings (SSSR count). The summed E-state index contributed by atoms with van der Waals surface area (Å²) < 4.78 is 0. The number of guanidine groups is 1. The van der Waals surface area contributed by atoms with Gasteiger partial charge in [0.25, 0.3) is 0 Å². The van der Waals surface area contributed by atoms with E-state index in [1.54, 1.807) is 0 Å². The number of rotatable bonds is 9. The third-order valence-electron chi connectivity index (χ3n) is 3.49. The average molecular weight is 382 g/mol. The Bertz CT molecular complexity index is 252. The topological polar surface area (TPSA) is 44.9 Å². The Labute approximate surface area is 135 Å². The van der Waals surface area contributed by atoms with Crippen molar-refractivity contribution in [3.05, 3.63) is 0 Å². The molecule has 0 radical (unpaired) electrons. The molecule has 0 aromatic rings. The molecule has 1 saturated carbocycles. The highest BCUT2D eigenvalue weighted by Crippen LogP contribution is 2.24. The van der Waals surface area contributed by atoms with Gasteiger partial charge in [0.05, 0.1) is 0 Å². The van der Waals surface area contributed by atoms with Crippen LogP contribution in [0.3, 0.4) is 0 Å². The van der Waals surface area contributed by atoms with Crippen molar-refractivity contribution in [2.24, 2.45) is 10.7 Å². The van der Waals surface area contributed by atoms with Crippen molar-refractivity contribution in [3.8, 4) is 0 Å². The molecular weight excluding hydrogens is 351 g/mol. The molecule has 19 heavy (non-hydrogen) atoms. The molecule has 0 atom stereocenters. The molecule has 4 nitrogen and oxygen atoms in total. The van der Waals surface area contributed by atoms with Gasteiger partial charge in [-0.15, -0.1) is 24.0 Å². The maximum atomic E-state index is 5.92. The number of nitrogens with zero attached hydrogens (tertiary/aromatic N) is 3. The lowest BCUT2D eigenvalue weighted by molar-refractivity contribution is 0.390. The number of hydrogen-bond acceptors (Lipinski definition) is 2. The molecule has 0 aromatic carbocycles. The van der Waals surface area contributed by atoms with E-state index >= 15 is 0 Å². The molecule has 0 heterocycles. The van der Waals surface area contributed by atoms with Crippen LogP contribution in [0, 0.1) is 0 Å². The van der Waals surface area contributed by atoms with Crippen LogP contribution in [-0.4, -0.2) is 56.0 Å². The first-order valence-corrected chi connectivity index (χ1v) is 7.28. The van der Waals surface area contributed by atoms with Crippen LogP contribution in [0.25, 0.3) is 0 Å². The first-order valence-electron chi connectivity index (χ1n) is 7.28. The Hall–Kier alpha value is -0.0400. The summed E-state index contributed by atoms with van der Waals surface area (Å²) in [7, 11) is 6.32. The summed E-state index contributed by atoms with van der Waals surface area (Å²) in [6.45, 7) is 2.09. The number of nitrogens with two attached hydrogens (primary N) is 1. The van der Waals surface area contributed by atoms with Gasteiger partial charge in [-0.3, -0.25) is 4.99 Å². The summed E-state index contributed by atoms with van der Waals surface area (Å²) in [4.78, 5) is 8.81. The Kier molecular flexibility index (Phi) is 10.7. The van der Waals surface area contributed by atoms with Gasteiger partial charge in [-0.2, -0.15) is 0 Å². The smallest absolute Gasteiger partial charge is 0.191 e. The number of halogens is 1. The van der Waals surface area contributed by atoms with Crippen molar-refractivity contribution >= 4 is 29.9 Å². The van der Waals surface area contributed by atoms with Gasteiger partial charge in [0.15, 0.2) is 5.96 Å². The second kappa shape index (κ2) is 10.7. The summed E-state index contributed by atoms with van der Waals surface area (Å²) in [5, 5.41) is 0. The Morgan fingerprint density at radius 3 is 2.21 bits per heavy atom. The molecule has 0 unspecified atom stereocenters. The summed E-state index contributed by atoms with van der Waals surface area (Å²) in [5.41, 5.74) is 5.92. The molecule has 0 bridgehead atoms. The third kappa shape index (κ3) is 9.49. The summed E-state index contributed by atoms with van der Waals surface area (Å²) >= 11 is 0. The number of unbranched alkanes of at least 4 members (excludes halogenated alkanes) is 4. The molecule has 1 aliphatic rings. The lowest BCUT2D eigenvalue weighted by Gasteiger charge is -2.16. The lowest BCUT2D eigenvalue weighted by Crippen LogP contribution is -2.35. The van der Waals surface area contributed by atoms with E-state index in [0.29, 0.717) is 6.04 Å². The Balaban J connectivity index is 0.00000324. The molecule has 1 aliphatic carbocycles. The molecule has 114 valence electrons. The highest BCUT2D eigenvalue weighted by molar-refractivity contribution is 14.0. The van der Waals surface area contributed by atoms with Crippen molar-refractivity contribution in [2.45, 2.75) is 51.0 Å². The van der Waals surface area contributed by atoms with Crippen molar-refractivity contribution < 1.29 is 0 Å². The van der Waals surface area contributed by atoms with Crippen molar-refractivity contribution in [1.29, 1.82) is 0 Å². The van der Waals surface area contributed by atoms with Crippen LogP contribution in [-0.2, 0) is 0 Å². The zero-order valence-electron chi connectivity index (χ0n) is 12.8. The average Bonchev–Trinajstić information content (AvgIpc) is 3.15. The fourth-order valence-electron chi connectivity index (χ4n) is 2.02. The van der Waals surface area contributed by atoms with E-state index in [-0.39, 0.29) is 24.0 Å². The zero-order chi connectivity index (χ0) is 13.4. The fourth-order valence-corrected chi connectivity index (χ4v) is 2.02. The van der Waals surface area contributed by atoms with Gasteiger partial charge in [0, 0.05) is 19.6 Å². The van der Waals surface area contributed by atoms with E-state index in [1.807, 2.05) is 0 Å². The molecule has 1 fully saturated rings. The van der Waals surface area contributed by atoms with E-state index in [4.69, 9.17) is 5.73 Å². The first-order chi connectivity index (χ1) is 8.61. The van der Waals surface area contributed by atoms with Gasteiger partial charge in [-0.1, -0.05) is 19.3 Å². The second-order valence-corrected chi connectivity index (χ2v) is 5.65. The minimum Gasteiger partial charge on any atom is -0.370 e. The van der Waals surface area contributed by atoms with E-state index in [1.165, 1.54) is 51.5 Å². The SMILES string of the molecule is CN(C)CCCCCCCN=C(N)N(C)C1CC1.I. The van der Waals surface area contributed by atoms with Crippen LogP contribution in [0.1, 0.15) is 44.9 Å². The quantitative estimate of drug-likeness (QED) is 0.289. The van der Waals surface area contributed by atoms with Crippen molar-refractivity contribution in [3.63, 3.8) is 0 Å². The van der Waals surface area contributed by atoms with Gasteiger partial charge >= 0.3 is 0 Å². The van der Waals surface area contributed by atoms with Crippen LogP contribution in [0.15, 0.2) is 4.99 Å². The largest absolute Gasteiger partial charge is 0.370 e. The van der Waals surface area contributed by atoms with Gasteiger partial charge in [-0.25, -0.2) is 0 Å². The van der Waals surface area contributed by atoms with Crippen LogP contribution in [0.4, 0.5) is 0 Å². The van der Waals surface area contributed by atoms with Crippen LogP contribution < -0.4 is 5.73 Å². The van der Waals surface area contributed by atoms with E-state index < -0.39 is 0 Å². The zero-order valence-corrected chi connectivity index (χ0v) is 15.1. The van der Waals surface area contributed by atoms with Gasteiger partial charge in [-0.05, 0) is 46.3 Å². The highest BCUT2D eigenvalue weighted by atomic mass is 127. The van der Waals surface area contributed by atoms with E-state index in [0.717, 1.165) is 12.5 Å². The fraction of sp³-hybridized carbons (Fsp3) is 0.929. The predicted molar refractivity (Wildman–Crippen MR) is 94.3 cm³/mol. The summed E-state index contributed by atoms with van der Waals surface area (Å²) in [6.07, 6.45) is 8.96. The van der Waals surface area contributed by atoms with Gasteiger partial charge < -0.3 is 15.5 Å². The molecule has 0 aromatic heterocycles. The highest BCUT2D eigenvalue weighted by Gasteiger charge is 2.27. The molecule has 5 heteroatoms. The molecule has 0 spiro atoms. The van der Waals surface area contributed by atoms with E-state index in [9.17, 15) is 0 Å². The third-order valence-corrected chi connectivity index (χ3v) is 3.49. The molecule has 0 aliphatic heterocycles. The minimum atomic E-state index is 0. The number of aliphatic imine (C=N–C) groups is 1. The first kappa shape index (κ1) is 19.0. The monoisotopic (exact) mass is 382 g/mol. The molecule has 2 N–H and O–H groups in total. The van der Waals surface area contributed by atoms with Gasteiger partial charge in [0.2, 0.25) is 0 Å².